The number of carbonyl (C=O) groups is 1. The van der Waals surface area contributed by atoms with Gasteiger partial charge in [-0.15, -0.1) is 6.58 Å². The number of hydrogen-bond donors (Lipinski definition) is 3. The highest BCUT2D eigenvalue weighted by molar-refractivity contribution is 6.03. The van der Waals surface area contributed by atoms with Crippen LogP contribution in [-0.2, 0) is 25.7 Å². The van der Waals surface area contributed by atoms with E-state index in [0.29, 0.717) is 43.1 Å². The number of hydrogen-bond acceptors (Lipinski definition) is 11. The van der Waals surface area contributed by atoms with Crippen LogP contribution in [-0.4, -0.2) is 83.2 Å². The second-order valence-electron chi connectivity index (χ2n) is 16.1. The maximum Gasteiger partial charge on any atom is 0.239 e. The molecule has 3 fully saturated rings. The van der Waals surface area contributed by atoms with Crippen LogP contribution in [0.3, 0.4) is 0 Å². The molecule has 3 heterocycles. The number of aliphatic hydroxyl groups excluding tert-OH is 2. The summed E-state index contributed by atoms with van der Waals surface area (Å²) in [7, 11) is 0. The lowest BCUT2D eigenvalue weighted by Crippen LogP contribution is -2.70. The highest BCUT2D eigenvalue weighted by Gasteiger charge is 2.66. The molecule has 6 aliphatic rings. The number of unbranched alkanes of at least 4 members (excludes halogenated alkanes) is 2. The lowest BCUT2D eigenvalue weighted by atomic mass is 9.55. The van der Waals surface area contributed by atoms with Gasteiger partial charge < -0.3 is 48.7 Å². The molecular formula is C44H56N2O10. The zero-order valence-electron chi connectivity index (χ0n) is 32.2. The third-order valence-electron chi connectivity index (χ3n) is 12.5. The SMILES string of the molecule is C=CCO[C@@]12Oc3ccc(O)cc3[C@H]3[C@H](CCCCO)[C@@H](CCCCO)C=C(C(=NOC4CCCCO4)C[C@@H]1N(Cc1ccc4c(c1)OCO4)C(=O)C1CC1)[C@H]32. The number of oxime groups is 1. The van der Waals surface area contributed by atoms with Gasteiger partial charge in [0.15, 0.2) is 11.5 Å². The summed E-state index contributed by atoms with van der Waals surface area (Å²) in [4.78, 5) is 23.0. The summed E-state index contributed by atoms with van der Waals surface area (Å²) in [5.74, 6) is 0.0984. The zero-order chi connectivity index (χ0) is 38.6. The van der Waals surface area contributed by atoms with Gasteiger partial charge in [0, 0.05) is 50.0 Å². The first-order chi connectivity index (χ1) is 27.4. The first kappa shape index (κ1) is 38.8. The van der Waals surface area contributed by atoms with Gasteiger partial charge in [-0.3, -0.25) is 4.79 Å². The van der Waals surface area contributed by atoms with Crippen LogP contribution in [0.5, 0.6) is 23.0 Å². The Kier molecular flexibility index (Phi) is 11.9. The Bertz CT molecular complexity index is 1790. The van der Waals surface area contributed by atoms with Crippen LogP contribution in [0.15, 0.2) is 65.9 Å². The molecule has 302 valence electrons. The third kappa shape index (κ3) is 7.77. The first-order valence-corrected chi connectivity index (χ1v) is 20.7. The predicted molar refractivity (Wildman–Crippen MR) is 207 cm³/mol. The van der Waals surface area contributed by atoms with Crippen LogP contribution >= 0.6 is 0 Å². The van der Waals surface area contributed by atoms with Crippen molar-refractivity contribution < 1.29 is 48.6 Å². The molecule has 0 radical (unpaired) electrons. The van der Waals surface area contributed by atoms with E-state index in [2.05, 4.69) is 12.7 Å². The fourth-order valence-corrected chi connectivity index (χ4v) is 9.72. The van der Waals surface area contributed by atoms with Gasteiger partial charge in [0.2, 0.25) is 24.8 Å². The Balaban J connectivity index is 1.31. The van der Waals surface area contributed by atoms with E-state index in [1.807, 2.05) is 35.2 Å². The normalized spacial score (nSPS) is 29.5. The van der Waals surface area contributed by atoms with E-state index >= 15 is 0 Å². The number of amides is 1. The molecule has 3 N–H and O–H groups in total. The van der Waals surface area contributed by atoms with Crippen molar-refractivity contribution in [1.29, 1.82) is 0 Å². The summed E-state index contributed by atoms with van der Waals surface area (Å²) in [5, 5.41) is 35.6. The molecule has 7 atom stereocenters. The molecule has 0 aromatic heterocycles. The van der Waals surface area contributed by atoms with E-state index in [9.17, 15) is 20.1 Å². The van der Waals surface area contributed by atoms with Gasteiger partial charge in [-0.2, -0.15) is 0 Å². The number of carbonyl (C=O) groups excluding carboxylic acids is 1. The van der Waals surface area contributed by atoms with E-state index in [1.165, 1.54) is 0 Å². The van der Waals surface area contributed by atoms with Crippen molar-refractivity contribution in [2.75, 3.05) is 33.2 Å². The third-order valence-corrected chi connectivity index (χ3v) is 12.5. The maximum atomic E-state index is 14.8. The minimum absolute atomic E-state index is 0.0337. The van der Waals surface area contributed by atoms with Gasteiger partial charge >= 0.3 is 0 Å². The van der Waals surface area contributed by atoms with Gasteiger partial charge in [0.05, 0.1) is 24.8 Å². The summed E-state index contributed by atoms with van der Waals surface area (Å²) in [6.45, 7) is 5.46. The summed E-state index contributed by atoms with van der Waals surface area (Å²) >= 11 is 0. The number of allylic oxidation sites excluding steroid dienone is 1. The van der Waals surface area contributed by atoms with Crippen LogP contribution in [0, 0.1) is 23.7 Å². The van der Waals surface area contributed by atoms with E-state index < -0.39 is 24.0 Å². The van der Waals surface area contributed by atoms with E-state index in [1.54, 1.807) is 12.1 Å². The molecule has 8 rings (SSSR count). The standard InChI is InChI=1S/C44H56N2O10/c1-2-20-54-44-39(46(43(50)29-13-14-29)26-28-12-16-37-38(22-28)53-27-52-37)25-35(45-56-40-11-5-8-21-51-40)33-23-30(9-3-6-18-47)32(10-4-7-19-48)41(42(33)44)34-24-31(49)15-17-36(34)55-44/h2,12,15-17,22-24,29-30,32,39-42,47-49H,1,3-11,13-14,18-21,25-27H2/t30-,32+,39-,40?,41+,42+,44+/m0/s1. The van der Waals surface area contributed by atoms with E-state index in [0.717, 1.165) is 80.2 Å². The Hall–Kier alpha value is -4.10. The van der Waals surface area contributed by atoms with E-state index in [4.69, 9.17) is 33.7 Å². The van der Waals surface area contributed by atoms with Crippen LogP contribution in [0.1, 0.15) is 94.1 Å². The first-order valence-electron chi connectivity index (χ1n) is 20.7. The van der Waals surface area contributed by atoms with Crippen LogP contribution in [0.25, 0.3) is 0 Å². The van der Waals surface area contributed by atoms with Gasteiger partial charge in [-0.05, 0) is 105 Å². The molecule has 1 saturated heterocycles. The average molecular weight is 773 g/mol. The molecule has 3 aliphatic heterocycles. The monoisotopic (exact) mass is 772 g/mol. The largest absolute Gasteiger partial charge is 0.508 e. The van der Waals surface area contributed by atoms with Gasteiger partial charge in [-0.25, -0.2) is 0 Å². The second-order valence-corrected chi connectivity index (χ2v) is 16.1. The lowest BCUT2D eigenvalue weighted by Gasteiger charge is -2.60. The van der Waals surface area contributed by atoms with E-state index in [-0.39, 0.29) is 68.5 Å². The lowest BCUT2D eigenvalue weighted by molar-refractivity contribution is -0.258. The smallest absolute Gasteiger partial charge is 0.239 e. The molecule has 0 bridgehead atoms. The zero-order valence-corrected chi connectivity index (χ0v) is 32.2. The Morgan fingerprint density at radius 2 is 1.79 bits per heavy atom. The summed E-state index contributed by atoms with van der Waals surface area (Å²) in [6.07, 6.45) is 12.9. The predicted octanol–water partition coefficient (Wildman–Crippen LogP) is 6.72. The molecule has 2 aromatic rings. The van der Waals surface area contributed by atoms with Crippen molar-refractivity contribution in [1.82, 2.24) is 4.90 Å². The Labute approximate surface area is 329 Å². The maximum absolute atomic E-state index is 14.8. The molecule has 12 nitrogen and oxygen atoms in total. The van der Waals surface area contributed by atoms with Crippen molar-refractivity contribution in [3.63, 3.8) is 0 Å². The average Bonchev–Trinajstić information content (AvgIpc) is 3.97. The fraction of sp³-hybridized carbons (Fsp3) is 0.591. The van der Waals surface area contributed by atoms with Crippen LogP contribution < -0.4 is 14.2 Å². The number of aromatic hydroxyl groups is 1. The number of benzene rings is 2. The summed E-state index contributed by atoms with van der Waals surface area (Å²) in [6, 6.07) is 10.4. The second kappa shape index (κ2) is 17.2. The molecule has 56 heavy (non-hydrogen) atoms. The highest BCUT2D eigenvalue weighted by atomic mass is 16.8. The van der Waals surface area contributed by atoms with Crippen molar-refractivity contribution in [2.24, 2.45) is 28.8 Å². The van der Waals surface area contributed by atoms with Crippen LogP contribution in [0.4, 0.5) is 0 Å². The fourth-order valence-electron chi connectivity index (χ4n) is 9.72. The van der Waals surface area contributed by atoms with Gasteiger partial charge in [0.25, 0.3) is 0 Å². The summed E-state index contributed by atoms with van der Waals surface area (Å²) in [5.41, 5.74) is 3.45. The number of phenolic OH excluding ortho intramolecular Hbond substituents is 1. The number of ether oxygens (including phenoxy) is 5. The molecule has 12 heteroatoms. The van der Waals surface area contributed by atoms with Gasteiger partial charge in [0.1, 0.15) is 17.5 Å². The van der Waals surface area contributed by atoms with Gasteiger partial charge in [-0.1, -0.05) is 36.2 Å². The number of rotatable bonds is 17. The summed E-state index contributed by atoms with van der Waals surface area (Å²) < 4.78 is 31.7. The molecule has 1 amide bonds. The van der Waals surface area contributed by atoms with Crippen molar-refractivity contribution in [2.45, 2.75) is 108 Å². The molecule has 1 unspecified atom stereocenters. The molecule has 3 aliphatic carbocycles. The minimum atomic E-state index is -1.37. The highest BCUT2D eigenvalue weighted by Crippen LogP contribution is 2.62. The van der Waals surface area contributed by atoms with Crippen molar-refractivity contribution in [3.05, 3.63) is 71.8 Å². The Morgan fingerprint density at radius 3 is 2.55 bits per heavy atom. The molecule has 0 spiro atoms. The van der Waals surface area contributed by atoms with Crippen LogP contribution in [0.2, 0.25) is 0 Å². The molecule has 2 aromatic carbocycles. The topological polar surface area (TPSA) is 149 Å². The number of nitrogens with zero attached hydrogens (tertiary/aromatic N) is 2. The quantitative estimate of drug-likeness (QED) is 0.0899. The van der Waals surface area contributed by atoms with Crippen molar-refractivity contribution in [3.8, 4) is 23.0 Å². The Morgan fingerprint density at radius 1 is 0.982 bits per heavy atom. The number of aliphatic hydroxyl groups is 2. The number of phenols is 1. The minimum Gasteiger partial charge on any atom is -0.508 e. The van der Waals surface area contributed by atoms with Crippen molar-refractivity contribution >= 4 is 11.6 Å². The molecule has 2 saturated carbocycles. The molecular weight excluding hydrogens is 716 g/mol. The number of fused-ring (bicyclic) bond motifs is 3.